The molecule has 8 heteroatoms. The Labute approximate surface area is 178 Å². The molecule has 2 aromatic rings. The van der Waals surface area contributed by atoms with Crippen LogP contribution in [0.5, 0.6) is 0 Å². The van der Waals surface area contributed by atoms with Crippen molar-refractivity contribution in [2.75, 3.05) is 26.2 Å². The van der Waals surface area contributed by atoms with Crippen LogP contribution >= 0.6 is 0 Å². The Hall–Kier alpha value is -3.83. The quantitative estimate of drug-likeness (QED) is 0.640. The molecule has 1 heterocycles. The van der Waals surface area contributed by atoms with E-state index in [0.717, 1.165) is 27.2 Å². The maximum atomic E-state index is 12.0. The smallest absolute Gasteiger partial charge is 0.407 e. The van der Waals surface area contributed by atoms with E-state index < -0.39 is 23.6 Å². The summed E-state index contributed by atoms with van der Waals surface area (Å²) in [7, 11) is 0. The average Bonchev–Trinajstić information content (AvgIpc) is 3.06. The molecular formula is C23H20N2O6. The zero-order valence-electron chi connectivity index (χ0n) is 16.5. The van der Waals surface area contributed by atoms with Crippen LogP contribution in [0.1, 0.15) is 17.0 Å². The van der Waals surface area contributed by atoms with Crippen molar-refractivity contribution in [3.63, 3.8) is 0 Å². The van der Waals surface area contributed by atoms with Gasteiger partial charge in [-0.15, -0.1) is 0 Å². The molecule has 3 N–H and O–H groups in total. The van der Waals surface area contributed by atoms with Gasteiger partial charge >= 0.3 is 12.1 Å². The Bertz CT molecular complexity index is 1060. The molecule has 31 heavy (non-hydrogen) atoms. The Balaban J connectivity index is 1.26. The summed E-state index contributed by atoms with van der Waals surface area (Å²) in [4.78, 5) is 35.8. The Morgan fingerprint density at radius 1 is 1.06 bits per heavy atom. The number of ether oxygens (including phenoxy) is 1. The van der Waals surface area contributed by atoms with Crippen molar-refractivity contribution in [3.8, 4) is 23.0 Å². The molecule has 0 radical (unpaired) electrons. The number of carbonyl (C=O) groups excluding carboxylic acids is 2. The first-order chi connectivity index (χ1) is 14.9. The maximum absolute atomic E-state index is 12.0. The minimum atomic E-state index is -1.91. The number of benzene rings is 2. The predicted molar refractivity (Wildman–Crippen MR) is 110 cm³/mol. The topological polar surface area (TPSA) is 116 Å². The van der Waals surface area contributed by atoms with Crippen molar-refractivity contribution in [2.24, 2.45) is 0 Å². The summed E-state index contributed by atoms with van der Waals surface area (Å²) in [5.74, 6) is 2.77. The number of aliphatic carboxylic acids is 1. The number of rotatable bonds is 4. The van der Waals surface area contributed by atoms with Crippen LogP contribution in [-0.2, 0) is 14.3 Å². The second-order valence-electron chi connectivity index (χ2n) is 7.48. The lowest BCUT2D eigenvalue weighted by Crippen LogP contribution is -2.67. The average molecular weight is 420 g/mol. The van der Waals surface area contributed by atoms with Crippen LogP contribution in [0.25, 0.3) is 11.1 Å². The van der Waals surface area contributed by atoms with Crippen LogP contribution < -0.4 is 5.32 Å². The fourth-order valence-electron chi connectivity index (χ4n) is 3.83. The largest absolute Gasteiger partial charge is 0.479 e. The van der Waals surface area contributed by atoms with Crippen molar-refractivity contribution in [2.45, 2.75) is 11.5 Å². The van der Waals surface area contributed by atoms with Gasteiger partial charge in [0.2, 0.25) is 0 Å². The van der Waals surface area contributed by atoms with E-state index in [0.29, 0.717) is 0 Å². The molecule has 1 aliphatic heterocycles. The third-order valence-electron chi connectivity index (χ3n) is 5.45. The van der Waals surface area contributed by atoms with Crippen LogP contribution in [0.4, 0.5) is 4.79 Å². The predicted octanol–water partition coefficient (Wildman–Crippen LogP) is 1.19. The van der Waals surface area contributed by atoms with Crippen molar-refractivity contribution in [3.05, 3.63) is 59.7 Å². The number of carboxylic acid groups (broad SMARTS) is 1. The van der Waals surface area contributed by atoms with Gasteiger partial charge in [0.1, 0.15) is 6.61 Å². The van der Waals surface area contributed by atoms with Gasteiger partial charge in [-0.25, -0.2) is 9.59 Å². The van der Waals surface area contributed by atoms with Gasteiger partial charge in [0.25, 0.3) is 5.91 Å². The van der Waals surface area contributed by atoms with Crippen molar-refractivity contribution in [1.82, 2.24) is 10.2 Å². The van der Waals surface area contributed by atoms with E-state index in [2.05, 4.69) is 29.3 Å². The van der Waals surface area contributed by atoms with Crippen LogP contribution in [0, 0.1) is 11.8 Å². The molecule has 0 atom stereocenters. The van der Waals surface area contributed by atoms with E-state index in [9.17, 15) is 19.5 Å². The van der Waals surface area contributed by atoms with Crippen LogP contribution in [0.2, 0.25) is 0 Å². The van der Waals surface area contributed by atoms with Gasteiger partial charge in [0.05, 0.1) is 19.6 Å². The Morgan fingerprint density at radius 2 is 1.65 bits per heavy atom. The lowest BCUT2D eigenvalue weighted by molar-refractivity contribution is -0.180. The second kappa shape index (κ2) is 8.13. The highest BCUT2D eigenvalue weighted by atomic mass is 16.5. The standard InChI is InChI=1S/C23H20N2O6/c26-20(25-13-23(30,14-25)21(27)28)10-5-11-24-22(29)31-12-19-17-8-3-1-6-15(17)16-7-2-4-9-18(16)19/h1-4,6-9,19,30H,11-14H2,(H,24,29)(H,27,28). The van der Waals surface area contributed by atoms with E-state index in [4.69, 9.17) is 9.84 Å². The van der Waals surface area contributed by atoms with Crippen molar-refractivity contribution >= 4 is 18.0 Å². The van der Waals surface area contributed by atoms with Crippen molar-refractivity contribution < 1.29 is 29.3 Å². The first-order valence-corrected chi connectivity index (χ1v) is 9.71. The zero-order chi connectivity index (χ0) is 22.0. The molecule has 0 spiro atoms. The number of fused-ring (bicyclic) bond motifs is 3. The molecule has 0 unspecified atom stereocenters. The van der Waals surface area contributed by atoms with Crippen LogP contribution in [0.3, 0.4) is 0 Å². The van der Waals surface area contributed by atoms with E-state index in [-0.39, 0.29) is 32.2 Å². The number of aliphatic hydroxyl groups is 1. The number of nitrogens with zero attached hydrogens (tertiary/aromatic N) is 1. The van der Waals surface area contributed by atoms with E-state index >= 15 is 0 Å². The number of nitrogens with one attached hydrogen (secondary N) is 1. The highest BCUT2D eigenvalue weighted by molar-refractivity contribution is 5.96. The first kappa shape index (κ1) is 20.4. The molecule has 0 aromatic heterocycles. The summed E-state index contributed by atoms with van der Waals surface area (Å²) >= 11 is 0. The van der Waals surface area contributed by atoms with Crippen LogP contribution in [-0.4, -0.2) is 64.9 Å². The van der Waals surface area contributed by atoms with Gasteiger partial charge < -0.3 is 25.2 Å². The molecule has 8 nitrogen and oxygen atoms in total. The van der Waals surface area contributed by atoms with Gasteiger partial charge in [-0.2, -0.15) is 0 Å². The minimum absolute atomic E-state index is 0.0507. The van der Waals surface area contributed by atoms with Crippen molar-refractivity contribution in [1.29, 1.82) is 0 Å². The first-order valence-electron chi connectivity index (χ1n) is 9.71. The number of amides is 2. The number of carboxylic acids is 1. The molecule has 2 aromatic carbocycles. The summed E-state index contributed by atoms with van der Waals surface area (Å²) in [6.07, 6.45) is -0.646. The molecule has 2 aliphatic rings. The molecule has 0 bridgehead atoms. The fraction of sp³-hybridized carbons (Fsp3) is 0.261. The van der Waals surface area contributed by atoms with Crippen LogP contribution in [0.15, 0.2) is 48.5 Å². The number of likely N-dealkylation sites (tertiary alicyclic amines) is 1. The normalized spacial score (nSPS) is 15.6. The summed E-state index contributed by atoms with van der Waals surface area (Å²) in [5, 5.41) is 20.9. The lowest BCUT2D eigenvalue weighted by atomic mass is 9.94. The SMILES string of the molecule is O=C(NCC#CC(=O)N1CC(O)(C(=O)O)C1)OCC1c2ccccc2-c2ccccc21. The van der Waals surface area contributed by atoms with E-state index in [1.54, 1.807) is 0 Å². The van der Waals surface area contributed by atoms with Gasteiger partial charge in [0, 0.05) is 5.92 Å². The number of β-amino-alcohol motifs (C(OH)–C–C–N with tert-alkyl or cyclic N) is 1. The van der Waals surface area contributed by atoms with Gasteiger partial charge in [-0.1, -0.05) is 54.5 Å². The van der Waals surface area contributed by atoms with E-state index in [1.807, 2.05) is 36.4 Å². The fourth-order valence-corrected chi connectivity index (χ4v) is 3.83. The molecule has 158 valence electrons. The van der Waals surface area contributed by atoms with E-state index in [1.165, 1.54) is 0 Å². The third kappa shape index (κ3) is 3.96. The van der Waals surface area contributed by atoms with Gasteiger partial charge in [-0.3, -0.25) is 4.79 Å². The molecule has 1 saturated heterocycles. The monoisotopic (exact) mass is 420 g/mol. The lowest BCUT2D eigenvalue weighted by Gasteiger charge is -2.42. The number of carbonyl (C=O) groups is 3. The molecule has 1 aliphatic carbocycles. The summed E-state index contributed by atoms with van der Waals surface area (Å²) in [6, 6.07) is 16.0. The molecule has 2 amide bonds. The van der Waals surface area contributed by atoms with Gasteiger partial charge in [-0.05, 0) is 28.2 Å². The Kier molecular flexibility index (Phi) is 5.36. The maximum Gasteiger partial charge on any atom is 0.407 e. The highest BCUT2D eigenvalue weighted by Gasteiger charge is 2.49. The highest BCUT2D eigenvalue weighted by Crippen LogP contribution is 2.44. The second-order valence-corrected chi connectivity index (χ2v) is 7.48. The third-order valence-corrected chi connectivity index (χ3v) is 5.45. The molecular weight excluding hydrogens is 400 g/mol. The summed E-state index contributed by atoms with van der Waals surface area (Å²) in [5.41, 5.74) is 2.58. The number of alkyl carbamates (subject to hydrolysis) is 1. The molecule has 0 saturated carbocycles. The minimum Gasteiger partial charge on any atom is -0.479 e. The molecule has 4 rings (SSSR count). The van der Waals surface area contributed by atoms with Gasteiger partial charge in [0.15, 0.2) is 5.60 Å². The number of hydrogen-bond donors (Lipinski definition) is 3. The zero-order valence-corrected chi connectivity index (χ0v) is 16.5. The Morgan fingerprint density at radius 3 is 2.23 bits per heavy atom. The summed E-state index contributed by atoms with van der Waals surface area (Å²) in [6.45, 7) is -0.543. The summed E-state index contributed by atoms with van der Waals surface area (Å²) < 4.78 is 5.37. The number of hydrogen-bond acceptors (Lipinski definition) is 5. The molecule has 1 fully saturated rings.